The average Bonchev–Trinajstić information content (AvgIpc) is 2.97. The second kappa shape index (κ2) is 5.25. The van der Waals surface area contributed by atoms with E-state index in [-0.39, 0.29) is 26.6 Å². The van der Waals surface area contributed by atoms with Crippen LogP contribution in [0.4, 0.5) is 5.88 Å². The van der Waals surface area contributed by atoms with Gasteiger partial charge in [-0.3, -0.25) is 10.1 Å². The van der Waals surface area contributed by atoms with Gasteiger partial charge in [-0.15, -0.1) is 0 Å². The highest BCUT2D eigenvalue weighted by Crippen LogP contribution is 2.32. The number of carboxylic acids is 1. The highest BCUT2D eigenvalue weighted by Gasteiger charge is 2.24. The van der Waals surface area contributed by atoms with Gasteiger partial charge in [0.1, 0.15) is 10.7 Å². The minimum atomic E-state index is -1.44. The summed E-state index contributed by atoms with van der Waals surface area (Å²) >= 11 is 5.85. The van der Waals surface area contributed by atoms with Crippen molar-refractivity contribution < 1.29 is 24.0 Å². The molecule has 3 rings (SSSR count). The summed E-state index contributed by atoms with van der Waals surface area (Å²) in [4.78, 5) is 21.3. The van der Waals surface area contributed by atoms with Crippen LogP contribution in [0.25, 0.3) is 22.2 Å². The minimum Gasteiger partial charge on any atom is -0.618 e. The van der Waals surface area contributed by atoms with Crippen LogP contribution in [0.15, 0.2) is 40.8 Å². The van der Waals surface area contributed by atoms with Crippen molar-refractivity contribution in [2.45, 2.75) is 0 Å². The number of benzene rings is 1. The Labute approximate surface area is 132 Å². The third-order valence-electron chi connectivity index (χ3n) is 3.22. The summed E-state index contributed by atoms with van der Waals surface area (Å²) < 4.78 is 5.35. The van der Waals surface area contributed by atoms with Gasteiger partial charge in [-0.1, -0.05) is 11.6 Å². The monoisotopic (exact) mass is 334 g/mol. The molecule has 0 saturated heterocycles. The number of pyridine rings is 1. The fourth-order valence-corrected chi connectivity index (χ4v) is 2.39. The van der Waals surface area contributed by atoms with Crippen LogP contribution in [-0.4, -0.2) is 16.0 Å². The molecule has 0 atom stereocenters. The molecule has 2 heterocycles. The summed E-state index contributed by atoms with van der Waals surface area (Å²) in [5.74, 6) is -1.85. The van der Waals surface area contributed by atoms with Crippen molar-refractivity contribution in [2.24, 2.45) is 0 Å². The number of aromatic carboxylic acids is 1. The SMILES string of the molecule is O=C(O)c1cc(-c2ccc([N+](=O)[O-])o2)c2ccc(Cl)cc2[n+]1[O-]. The Morgan fingerprint density at radius 1 is 1.26 bits per heavy atom. The molecule has 3 aromatic rings. The highest BCUT2D eigenvalue weighted by atomic mass is 35.5. The third-order valence-corrected chi connectivity index (χ3v) is 3.46. The quantitative estimate of drug-likeness (QED) is 0.340. The average molecular weight is 335 g/mol. The molecule has 9 heteroatoms. The van der Waals surface area contributed by atoms with Crippen LogP contribution >= 0.6 is 11.6 Å². The van der Waals surface area contributed by atoms with Gasteiger partial charge in [-0.25, -0.2) is 4.79 Å². The standard InChI is InChI=1S/C14H7ClN2O6/c15-7-1-2-8-9(12-3-4-13(23-12)17(21)22)6-11(14(18)19)16(20)10(8)5-7/h1-6H,(H,18,19). The topological polar surface area (TPSA) is 121 Å². The number of nitrogens with zero attached hydrogens (tertiary/aromatic N) is 2. The molecule has 2 aromatic heterocycles. The molecule has 0 saturated carbocycles. The maximum atomic E-state index is 12.2. The second-order valence-corrected chi connectivity index (χ2v) is 5.04. The maximum Gasteiger partial charge on any atom is 0.433 e. The lowest BCUT2D eigenvalue weighted by Gasteiger charge is -2.08. The first-order chi connectivity index (χ1) is 10.9. The summed E-state index contributed by atoms with van der Waals surface area (Å²) in [5.41, 5.74) is -0.283. The van der Waals surface area contributed by atoms with Gasteiger partial charge in [0, 0.05) is 22.7 Å². The fraction of sp³-hybridized carbons (Fsp3) is 0. The summed E-state index contributed by atoms with van der Waals surface area (Å²) in [6, 6.07) is 7.94. The Morgan fingerprint density at radius 3 is 2.61 bits per heavy atom. The molecule has 1 aromatic carbocycles. The Bertz CT molecular complexity index is 965. The molecule has 0 aliphatic carbocycles. The molecule has 116 valence electrons. The van der Waals surface area contributed by atoms with Crippen LogP contribution in [0.1, 0.15) is 10.5 Å². The number of halogens is 1. The molecule has 0 amide bonds. The van der Waals surface area contributed by atoms with E-state index in [9.17, 15) is 20.1 Å². The molecule has 0 bridgehead atoms. The zero-order valence-electron chi connectivity index (χ0n) is 11.2. The molecule has 0 fully saturated rings. The van der Waals surface area contributed by atoms with Crippen molar-refractivity contribution in [3.05, 3.63) is 62.4 Å². The summed E-state index contributed by atoms with van der Waals surface area (Å²) in [6.45, 7) is 0. The zero-order valence-corrected chi connectivity index (χ0v) is 12.0. The Morgan fingerprint density at radius 2 is 2.00 bits per heavy atom. The number of aromatic nitrogens is 1. The van der Waals surface area contributed by atoms with Gasteiger partial charge >= 0.3 is 17.5 Å². The number of hydrogen-bond acceptors (Lipinski definition) is 5. The maximum absolute atomic E-state index is 12.2. The number of fused-ring (bicyclic) bond motifs is 1. The molecule has 8 nitrogen and oxygen atoms in total. The van der Waals surface area contributed by atoms with Crippen molar-refractivity contribution >= 4 is 34.4 Å². The van der Waals surface area contributed by atoms with Gasteiger partial charge < -0.3 is 14.7 Å². The van der Waals surface area contributed by atoms with E-state index in [4.69, 9.17) is 21.1 Å². The van der Waals surface area contributed by atoms with Crippen molar-refractivity contribution in [2.75, 3.05) is 0 Å². The van der Waals surface area contributed by atoms with Crippen LogP contribution in [0.2, 0.25) is 5.02 Å². The summed E-state index contributed by atoms with van der Waals surface area (Å²) in [5, 5.41) is 32.7. The fourth-order valence-electron chi connectivity index (χ4n) is 2.23. The van der Waals surface area contributed by atoms with E-state index in [2.05, 4.69) is 0 Å². The van der Waals surface area contributed by atoms with Gasteiger partial charge in [0.15, 0.2) is 0 Å². The van der Waals surface area contributed by atoms with Crippen LogP contribution in [-0.2, 0) is 0 Å². The van der Waals surface area contributed by atoms with Gasteiger partial charge in [-0.05, 0) is 18.2 Å². The molecular formula is C14H7ClN2O6. The predicted molar refractivity (Wildman–Crippen MR) is 79.2 cm³/mol. The molecule has 0 radical (unpaired) electrons. The Hall–Kier alpha value is -3.13. The van der Waals surface area contributed by atoms with Crippen LogP contribution in [0.5, 0.6) is 0 Å². The smallest absolute Gasteiger partial charge is 0.433 e. The van der Waals surface area contributed by atoms with E-state index in [0.717, 1.165) is 12.1 Å². The van der Waals surface area contributed by atoms with Crippen molar-refractivity contribution in [1.29, 1.82) is 0 Å². The first-order valence-electron chi connectivity index (χ1n) is 6.22. The van der Waals surface area contributed by atoms with Crippen LogP contribution in [0.3, 0.4) is 0 Å². The lowest BCUT2D eigenvalue weighted by Crippen LogP contribution is -2.35. The number of furan rings is 1. The first-order valence-corrected chi connectivity index (χ1v) is 6.60. The molecular weight excluding hydrogens is 328 g/mol. The molecule has 0 unspecified atom stereocenters. The first kappa shape index (κ1) is 14.8. The lowest BCUT2D eigenvalue weighted by molar-refractivity contribution is -0.580. The Balaban J connectivity index is 2.36. The van der Waals surface area contributed by atoms with Gasteiger partial charge in [0.2, 0.25) is 5.52 Å². The van der Waals surface area contributed by atoms with Gasteiger partial charge in [0.05, 0.1) is 11.5 Å². The van der Waals surface area contributed by atoms with Crippen molar-refractivity contribution in [3.8, 4) is 11.3 Å². The molecule has 23 heavy (non-hydrogen) atoms. The van der Waals surface area contributed by atoms with E-state index in [1.807, 2.05) is 0 Å². The van der Waals surface area contributed by atoms with Crippen molar-refractivity contribution in [3.63, 3.8) is 0 Å². The number of carbonyl (C=O) groups is 1. The predicted octanol–water partition coefficient (Wildman–Crippen LogP) is 2.99. The largest absolute Gasteiger partial charge is 0.618 e. The number of carboxylic acid groups (broad SMARTS) is 1. The molecule has 0 aliphatic heterocycles. The minimum absolute atomic E-state index is 0.0199. The molecule has 0 spiro atoms. The van der Waals surface area contributed by atoms with Crippen LogP contribution < -0.4 is 4.73 Å². The lowest BCUT2D eigenvalue weighted by atomic mass is 10.1. The zero-order chi connectivity index (χ0) is 16.7. The number of hydrogen-bond donors (Lipinski definition) is 1. The van der Waals surface area contributed by atoms with Gasteiger partial charge in [-0.2, -0.15) is 4.73 Å². The van der Waals surface area contributed by atoms with E-state index in [1.165, 1.54) is 24.3 Å². The Kier molecular flexibility index (Phi) is 3.38. The van der Waals surface area contributed by atoms with Crippen LogP contribution in [0, 0.1) is 15.3 Å². The highest BCUT2D eigenvalue weighted by molar-refractivity contribution is 6.31. The summed E-state index contributed by atoms with van der Waals surface area (Å²) in [6.07, 6.45) is 0. The second-order valence-electron chi connectivity index (χ2n) is 4.60. The third kappa shape index (κ3) is 2.44. The number of rotatable bonds is 3. The normalized spacial score (nSPS) is 10.8. The van der Waals surface area contributed by atoms with E-state index in [1.54, 1.807) is 0 Å². The van der Waals surface area contributed by atoms with Gasteiger partial charge in [0.25, 0.3) is 0 Å². The van der Waals surface area contributed by atoms with E-state index < -0.39 is 22.5 Å². The molecule has 0 aliphatic rings. The molecule has 1 N–H and O–H groups in total. The number of nitro groups is 1. The summed E-state index contributed by atoms with van der Waals surface area (Å²) in [7, 11) is 0. The van der Waals surface area contributed by atoms with Crippen molar-refractivity contribution in [1.82, 2.24) is 0 Å². The van der Waals surface area contributed by atoms with E-state index in [0.29, 0.717) is 5.39 Å². The van der Waals surface area contributed by atoms with E-state index >= 15 is 0 Å².